The van der Waals surface area contributed by atoms with Crippen molar-refractivity contribution in [2.24, 2.45) is 0 Å². The third-order valence-corrected chi connectivity index (χ3v) is 4.21. The Labute approximate surface area is 169 Å². The van der Waals surface area contributed by atoms with Gasteiger partial charge in [-0.15, -0.1) is 0 Å². The predicted octanol–water partition coefficient (Wildman–Crippen LogP) is 1.96. The Hall–Kier alpha value is -3.31. The van der Waals surface area contributed by atoms with E-state index in [4.69, 9.17) is 9.47 Å². The number of hydrogen-bond acceptors (Lipinski definition) is 5. The van der Waals surface area contributed by atoms with Gasteiger partial charge in [-0.3, -0.25) is 0 Å². The number of benzene rings is 3. The first-order chi connectivity index (χ1) is 13.3. The quantitative estimate of drug-likeness (QED) is 0.543. The van der Waals surface area contributed by atoms with Crippen molar-refractivity contribution < 1.29 is 21.9 Å². The van der Waals surface area contributed by atoms with E-state index in [2.05, 4.69) is 15.3 Å². The summed E-state index contributed by atoms with van der Waals surface area (Å²) >= 11 is 0. The fourth-order valence-electron chi connectivity index (χ4n) is 2.77. The van der Waals surface area contributed by atoms with Crippen LogP contribution in [-0.2, 0) is 6.61 Å². The van der Waals surface area contributed by atoms with Gasteiger partial charge in [-0.25, -0.2) is 9.97 Å². The maximum absolute atomic E-state index is 5.83. The molecule has 6 heteroatoms. The number of nitrogens with one attached hydrogen (secondary N) is 1. The van der Waals surface area contributed by atoms with Crippen LogP contribution in [0.5, 0.6) is 11.5 Å². The standard InChI is InChI=1S/C22H19N3O2.ClH/c1-26-19-11-12-21-20(13-19)22(24-15-23-21)25-17-7-9-18(10-8-17)27-14-16-5-3-2-4-6-16;/h2-13,15H,14H2,1H3,(H,23,24,25);1H/p-1. The van der Waals surface area contributed by atoms with Gasteiger partial charge in [0, 0.05) is 11.1 Å². The van der Waals surface area contributed by atoms with E-state index in [-0.39, 0.29) is 12.4 Å². The van der Waals surface area contributed by atoms with Crippen LogP contribution in [0.25, 0.3) is 10.9 Å². The first kappa shape index (κ1) is 19.5. The number of nitrogens with zero attached hydrogens (tertiary/aromatic N) is 2. The SMILES string of the molecule is COc1ccc2ncnc(Nc3ccc(OCc4ccccc4)cc3)c2c1.[Cl-]. The highest BCUT2D eigenvalue weighted by Crippen LogP contribution is 2.27. The van der Waals surface area contributed by atoms with E-state index in [1.165, 1.54) is 0 Å². The van der Waals surface area contributed by atoms with Crippen molar-refractivity contribution >= 4 is 22.4 Å². The van der Waals surface area contributed by atoms with E-state index in [1.54, 1.807) is 13.4 Å². The van der Waals surface area contributed by atoms with Crippen molar-refractivity contribution in [1.82, 2.24) is 9.97 Å². The average Bonchev–Trinajstić information content (AvgIpc) is 2.74. The second kappa shape index (κ2) is 9.06. The van der Waals surface area contributed by atoms with E-state index in [0.29, 0.717) is 6.61 Å². The Balaban J connectivity index is 0.00000225. The van der Waals surface area contributed by atoms with Crippen LogP contribution in [0, 0.1) is 0 Å². The van der Waals surface area contributed by atoms with Gasteiger partial charge in [0.05, 0.1) is 12.6 Å². The molecule has 0 fully saturated rings. The van der Waals surface area contributed by atoms with Crippen molar-refractivity contribution in [1.29, 1.82) is 0 Å². The highest BCUT2D eigenvalue weighted by molar-refractivity contribution is 5.91. The lowest BCUT2D eigenvalue weighted by Gasteiger charge is -2.11. The van der Waals surface area contributed by atoms with Crippen LogP contribution >= 0.6 is 0 Å². The lowest BCUT2D eigenvalue weighted by Crippen LogP contribution is -3.00. The minimum absolute atomic E-state index is 0. The Kier molecular flexibility index (Phi) is 6.29. The predicted molar refractivity (Wildman–Crippen MR) is 107 cm³/mol. The van der Waals surface area contributed by atoms with Gasteiger partial charge in [-0.1, -0.05) is 30.3 Å². The van der Waals surface area contributed by atoms with Crippen LogP contribution in [0.15, 0.2) is 79.1 Å². The molecule has 5 nitrogen and oxygen atoms in total. The van der Waals surface area contributed by atoms with Crippen LogP contribution in [0.3, 0.4) is 0 Å². The summed E-state index contributed by atoms with van der Waals surface area (Å²) in [4.78, 5) is 8.67. The molecule has 28 heavy (non-hydrogen) atoms. The van der Waals surface area contributed by atoms with E-state index in [0.717, 1.165) is 39.5 Å². The highest BCUT2D eigenvalue weighted by atomic mass is 35.5. The number of rotatable bonds is 6. The van der Waals surface area contributed by atoms with Gasteiger partial charge in [0.2, 0.25) is 0 Å². The second-order valence-corrected chi connectivity index (χ2v) is 6.03. The summed E-state index contributed by atoms with van der Waals surface area (Å²) in [6.45, 7) is 0.546. The second-order valence-electron chi connectivity index (χ2n) is 6.03. The summed E-state index contributed by atoms with van der Waals surface area (Å²) in [5.41, 5.74) is 2.92. The molecule has 1 aromatic heterocycles. The summed E-state index contributed by atoms with van der Waals surface area (Å²) in [5.74, 6) is 2.32. The molecule has 0 aliphatic heterocycles. The molecule has 1 N–H and O–H groups in total. The minimum atomic E-state index is 0. The third-order valence-electron chi connectivity index (χ3n) is 4.21. The van der Waals surface area contributed by atoms with Gasteiger partial charge in [-0.05, 0) is 48.0 Å². The fraction of sp³-hybridized carbons (Fsp3) is 0.0909. The Morgan fingerprint density at radius 3 is 2.36 bits per heavy atom. The van der Waals surface area contributed by atoms with Crippen molar-refractivity contribution in [3.63, 3.8) is 0 Å². The number of ether oxygens (including phenoxy) is 2. The molecule has 0 unspecified atom stereocenters. The van der Waals surface area contributed by atoms with Gasteiger partial charge < -0.3 is 27.2 Å². The molecule has 1 heterocycles. The molecular weight excluding hydrogens is 374 g/mol. The minimum Gasteiger partial charge on any atom is -1.00 e. The number of methoxy groups -OCH3 is 1. The lowest BCUT2D eigenvalue weighted by molar-refractivity contribution is -0.00000613. The molecule has 4 aromatic rings. The molecule has 0 bridgehead atoms. The molecule has 0 saturated carbocycles. The summed E-state index contributed by atoms with van der Waals surface area (Å²) in [7, 11) is 1.65. The third kappa shape index (κ3) is 4.50. The largest absolute Gasteiger partial charge is 1.00 e. The molecular formula is C22H19ClN3O2-. The zero-order chi connectivity index (χ0) is 18.5. The maximum atomic E-state index is 5.83. The monoisotopic (exact) mass is 392 g/mol. The zero-order valence-electron chi connectivity index (χ0n) is 15.3. The van der Waals surface area contributed by atoms with Crippen molar-refractivity contribution in [3.05, 3.63) is 84.7 Å². The summed E-state index contributed by atoms with van der Waals surface area (Å²) in [6.07, 6.45) is 1.55. The fourth-order valence-corrected chi connectivity index (χ4v) is 2.77. The molecule has 0 saturated heterocycles. The van der Waals surface area contributed by atoms with Crippen molar-refractivity contribution in [2.75, 3.05) is 12.4 Å². The molecule has 0 spiro atoms. The summed E-state index contributed by atoms with van der Waals surface area (Å²) < 4.78 is 11.1. The molecule has 142 valence electrons. The van der Waals surface area contributed by atoms with Gasteiger partial charge in [-0.2, -0.15) is 0 Å². The van der Waals surface area contributed by atoms with Crippen LogP contribution in [0.4, 0.5) is 11.5 Å². The van der Waals surface area contributed by atoms with Crippen LogP contribution in [0.2, 0.25) is 0 Å². The number of hydrogen-bond donors (Lipinski definition) is 1. The molecule has 0 atom stereocenters. The Morgan fingerprint density at radius 1 is 0.857 bits per heavy atom. The molecule has 3 aromatic carbocycles. The number of anilines is 2. The van der Waals surface area contributed by atoms with Gasteiger partial charge in [0.25, 0.3) is 0 Å². The number of aromatic nitrogens is 2. The molecule has 0 aliphatic carbocycles. The number of halogens is 1. The first-order valence-electron chi connectivity index (χ1n) is 8.64. The topological polar surface area (TPSA) is 56.3 Å². The molecule has 0 aliphatic rings. The maximum Gasteiger partial charge on any atom is 0.141 e. The van der Waals surface area contributed by atoms with E-state index < -0.39 is 0 Å². The van der Waals surface area contributed by atoms with E-state index in [1.807, 2.05) is 72.8 Å². The van der Waals surface area contributed by atoms with E-state index in [9.17, 15) is 0 Å². The molecule has 0 amide bonds. The number of fused-ring (bicyclic) bond motifs is 1. The van der Waals surface area contributed by atoms with Crippen LogP contribution in [-0.4, -0.2) is 17.1 Å². The van der Waals surface area contributed by atoms with E-state index >= 15 is 0 Å². The average molecular weight is 393 g/mol. The van der Waals surface area contributed by atoms with Gasteiger partial charge in [0.15, 0.2) is 0 Å². The Bertz CT molecular complexity index is 1040. The first-order valence-corrected chi connectivity index (χ1v) is 8.64. The van der Waals surface area contributed by atoms with Gasteiger partial charge in [0.1, 0.15) is 30.3 Å². The molecule has 0 radical (unpaired) electrons. The lowest BCUT2D eigenvalue weighted by atomic mass is 10.2. The van der Waals surface area contributed by atoms with Crippen LogP contribution < -0.4 is 27.2 Å². The zero-order valence-corrected chi connectivity index (χ0v) is 16.1. The van der Waals surface area contributed by atoms with Crippen LogP contribution in [0.1, 0.15) is 5.56 Å². The summed E-state index contributed by atoms with van der Waals surface area (Å²) in [6, 6.07) is 23.6. The Morgan fingerprint density at radius 2 is 1.61 bits per heavy atom. The normalized spacial score (nSPS) is 10.2. The highest BCUT2D eigenvalue weighted by Gasteiger charge is 2.06. The van der Waals surface area contributed by atoms with Crippen molar-refractivity contribution in [3.8, 4) is 11.5 Å². The van der Waals surface area contributed by atoms with Gasteiger partial charge >= 0.3 is 0 Å². The summed E-state index contributed by atoms with van der Waals surface area (Å²) in [5, 5.41) is 4.24. The molecule has 4 rings (SSSR count). The van der Waals surface area contributed by atoms with Crippen molar-refractivity contribution in [2.45, 2.75) is 6.61 Å². The smallest absolute Gasteiger partial charge is 0.141 e.